The van der Waals surface area contributed by atoms with Crippen LogP contribution in [0.1, 0.15) is 50.7 Å². The number of carbonyl (C=O) groups excluding carboxylic acids is 1. The van der Waals surface area contributed by atoms with Crippen molar-refractivity contribution in [2.75, 3.05) is 6.54 Å². The molecule has 1 fully saturated rings. The summed E-state index contributed by atoms with van der Waals surface area (Å²) < 4.78 is 0. The van der Waals surface area contributed by atoms with Crippen LogP contribution in [-0.2, 0) is 17.6 Å². The number of amides is 1. The van der Waals surface area contributed by atoms with E-state index >= 15 is 0 Å². The van der Waals surface area contributed by atoms with Crippen LogP contribution in [0.2, 0.25) is 0 Å². The Morgan fingerprint density at radius 1 is 1.29 bits per heavy atom. The lowest BCUT2D eigenvalue weighted by Crippen LogP contribution is -2.46. The van der Waals surface area contributed by atoms with Gasteiger partial charge in [-0.1, -0.05) is 37.6 Å². The van der Waals surface area contributed by atoms with Gasteiger partial charge >= 0.3 is 0 Å². The van der Waals surface area contributed by atoms with E-state index in [0.717, 1.165) is 31.4 Å². The fraction of sp³-hybridized carbons (Fsp3) is 0.611. The molecule has 1 heterocycles. The molecule has 0 saturated carbocycles. The van der Waals surface area contributed by atoms with Gasteiger partial charge in [0, 0.05) is 12.1 Å². The molecular weight excluding hydrogens is 260 g/mol. The summed E-state index contributed by atoms with van der Waals surface area (Å²) >= 11 is 0. The van der Waals surface area contributed by atoms with Crippen LogP contribution < -0.4 is 10.6 Å². The summed E-state index contributed by atoms with van der Waals surface area (Å²) in [6.45, 7) is 5.38. The first-order valence-corrected chi connectivity index (χ1v) is 8.28. The van der Waals surface area contributed by atoms with Gasteiger partial charge in [-0.3, -0.25) is 4.79 Å². The summed E-state index contributed by atoms with van der Waals surface area (Å²) in [5.74, 6) is 0.149. The van der Waals surface area contributed by atoms with E-state index in [4.69, 9.17) is 0 Å². The molecule has 0 spiro atoms. The topological polar surface area (TPSA) is 41.1 Å². The molecule has 1 amide bonds. The van der Waals surface area contributed by atoms with Crippen molar-refractivity contribution in [3.8, 4) is 0 Å². The van der Waals surface area contributed by atoms with Gasteiger partial charge in [-0.2, -0.15) is 0 Å². The Bertz CT molecular complexity index is 441. The van der Waals surface area contributed by atoms with Crippen LogP contribution in [0.25, 0.3) is 0 Å². The van der Waals surface area contributed by atoms with Crippen LogP contribution in [0, 0.1) is 0 Å². The number of nitrogens with one attached hydrogen (secondary N) is 2. The van der Waals surface area contributed by atoms with Crippen molar-refractivity contribution in [1.29, 1.82) is 0 Å². The number of aryl methyl sites for hydroxylation is 1. The maximum atomic E-state index is 12.1. The van der Waals surface area contributed by atoms with E-state index in [1.165, 1.54) is 18.4 Å². The molecule has 1 aliphatic rings. The van der Waals surface area contributed by atoms with Crippen molar-refractivity contribution < 1.29 is 4.79 Å². The largest absolute Gasteiger partial charge is 0.353 e. The van der Waals surface area contributed by atoms with E-state index in [2.05, 4.69) is 48.7 Å². The molecule has 2 atom stereocenters. The smallest absolute Gasteiger partial charge is 0.224 e. The van der Waals surface area contributed by atoms with Gasteiger partial charge in [-0.25, -0.2) is 0 Å². The predicted octanol–water partition coefficient (Wildman–Crippen LogP) is 2.83. The van der Waals surface area contributed by atoms with Gasteiger partial charge in [0.1, 0.15) is 0 Å². The summed E-state index contributed by atoms with van der Waals surface area (Å²) in [5.41, 5.74) is 2.47. The van der Waals surface area contributed by atoms with E-state index in [0.29, 0.717) is 18.5 Å². The molecule has 1 aliphatic heterocycles. The molecule has 2 rings (SSSR count). The third kappa shape index (κ3) is 5.50. The zero-order valence-corrected chi connectivity index (χ0v) is 13.3. The monoisotopic (exact) mass is 288 g/mol. The molecule has 2 unspecified atom stereocenters. The fourth-order valence-electron chi connectivity index (χ4n) is 2.93. The predicted molar refractivity (Wildman–Crippen MR) is 87.4 cm³/mol. The molecule has 1 aromatic rings. The maximum absolute atomic E-state index is 12.1. The van der Waals surface area contributed by atoms with Crippen molar-refractivity contribution in [1.82, 2.24) is 10.6 Å². The second kappa shape index (κ2) is 8.18. The third-order valence-electron chi connectivity index (χ3n) is 4.20. The summed E-state index contributed by atoms with van der Waals surface area (Å²) in [6, 6.07) is 9.33. The molecule has 0 bridgehead atoms. The van der Waals surface area contributed by atoms with Crippen LogP contribution in [-0.4, -0.2) is 24.5 Å². The Kier molecular flexibility index (Phi) is 6.24. The fourth-order valence-corrected chi connectivity index (χ4v) is 2.93. The summed E-state index contributed by atoms with van der Waals surface area (Å²) in [4.78, 5) is 12.1. The molecule has 3 heteroatoms. The van der Waals surface area contributed by atoms with Gasteiger partial charge in [0.05, 0.1) is 6.42 Å². The van der Waals surface area contributed by atoms with Crippen LogP contribution in [0.5, 0.6) is 0 Å². The first-order chi connectivity index (χ1) is 10.2. The number of hydrogen-bond acceptors (Lipinski definition) is 2. The highest BCUT2D eigenvalue weighted by atomic mass is 16.1. The molecule has 21 heavy (non-hydrogen) atoms. The number of benzene rings is 1. The molecule has 2 N–H and O–H groups in total. The minimum absolute atomic E-state index is 0.149. The molecule has 0 radical (unpaired) electrons. The van der Waals surface area contributed by atoms with Gasteiger partial charge < -0.3 is 10.6 Å². The van der Waals surface area contributed by atoms with Crippen LogP contribution in [0.3, 0.4) is 0 Å². The number of hydrogen-bond donors (Lipinski definition) is 2. The summed E-state index contributed by atoms with van der Waals surface area (Å²) in [6.07, 6.45) is 6.14. The highest BCUT2D eigenvalue weighted by molar-refractivity contribution is 5.78. The standard InChI is InChI=1S/C18H28N2O/c1-3-4-5-15-6-8-16(9-7-15)13-18(21)20-17-10-11-19-14(2)12-17/h6-9,14,17,19H,3-5,10-13H2,1-2H3,(H,20,21). The average Bonchev–Trinajstić information content (AvgIpc) is 2.46. The second-order valence-corrected chi connectivity index (χ2v) is 6.24. The lowest BCUT2D eigenvalue weighted by Gasteiger charge is -2.28. The van der Waals surface area contributed by atoms with E-state index in [1.807, 2.05) is 0 Å². The Hall–Kier alpha value is -1.35. The van der Waals surface area contributed by atoms with E-state index in [9.17, 15) is 4.79 Å². The van der Waals surface area contributed by atoms with Crippen molar-refractivity contribution in [3.05, 3.63) is 35.4 Å². The second-order valence-electron chi connectivity index (χ2n) is 6.24. The van der Waals surface area contributed by atoms with Crippen molar-refractivity contribution in [2.45, 2.75) is 64.5 Å². The van der Waals surface area contributed by atoms with Crippen molar-refractivity contribution >= 4 is 5.91 Å². The molecule has 0 aliphatic carbocycles. The molecule has 3 nitrogen and oxygen atoms in total. The summed E-state index contributed by atoms with van der Waals surface area (Å²) in [7, 11) is 0. The van der Waals surface area contributed by atoms with Crippen LogP contribution in [0.4, 0.5) is 0 Å². The van der Waals surface area contributed by atoms with E-state index in [-0.39, 0.29) is 5.91 Å². The van der Waals surface area contributed by atoms with Gasteiger partial charge in [0.15, 0.2) is 0 Å². The quantitative estimate of drug-likeness (QED) is 0.845. The minimum Gasteiger partial charge on any atom is -0.353 e. The molecule has 0 aromatic heterocycles. The van der Waals surface area contributed by atoms with Crippen molar-refractivity contribution in [2.24, 2.45) is 0 Å². The SMILES string of the molecule is CCCCc1ccc(CC(=O)NC2CCNC(C)C2)cc1. The molecule has 1 saturated heterocycles. The Morgan fingerprint density at radius 3 is 2.67 bits per heavy atom. The first-order valence-electron chi connectivity index (χ1n) is 8.28. The minimum atomic E-state index is 0.149. The number of carbonyl (C=O) groups is 1. The number of rotatable bonds is 6. The van der Waals surface area contributed by atoms with Crippen LogP contribution >= 0.6 is 0 Å². The Balaban J connectivity index is 1.79. The maximum Gasteiger partial charge on any atom is 0.224 e. The van der Waals surface area contributed by atoms with E-state index < -0.39 is 0 Å². The van der Waals surface area contributed by atoms with Gasteiger partial charge in [0.2, 0.25) is 5.91 Å². The molecule has 1 aromatic carbocycles. The van der Waals surface area contributed by atoms with Gasteiger partial charge in [-0.15, -0.1) is 0 Å². The highest BCUT2D eigenvalue weighted by Crippen LogP contribution is 2.10. The van der Waals surface area contributed by atoms with Crippen molar-refractivity contribution in [3.63, 3.8) is 0 Å². The van der Waals surface area contributed by atoms with Gasteiger partial charge in [0.25, 0.3) is 0 Å². The number of piperidine rings is 1. The van der Waals surface area contributed by atoms with Crippen LogP contribution in [0.15, 0.2) is 24.3 Å². The lowest BCUT2D eigenvalue weighted by molar-refractivity contribution is -0.121. The lowest BCUT2D eigenvalue weighted by atomic mass is 10.00. The molecular formula is C18H28N2O. The third-order valence-corrected chi connectivity index (χ3v) is 4.20. The Labute approximate surface area is 128 Å². The Morgan fingerprint density at radius 2 is 2.00 bits per heavy atom. The highest BCUT2D eigenvalue weighted by Gasteiger charge is 2.19. The van der Waals surface area contributed by atoms with E-state index in [1.54, 1.807) is 0 Å². The van der Waals surface area contributed by atoms with Gasteiger partial charge in [-0.05, 0) is 50.3 Å². The number of unbranched alkanes of at least 4 members (excludes halogenated alkanes) is 1. The summed E-state index contributed by atoms with van der Waals surface area (Å²) in [5, 5.41) is 6.57. The first kappa shape index (κ1) is 16.0. The normalized spacial score (nSPS) is 22.0. The zero-order chi connectivity index (χ0) is 15.1. The molecule has 116 valence electrons. The zero-order valence-electron chi connectivity index (χ0n) is 13.3. The average molecular weight is 288 g/mol.